The summed E-state index contributed by atoms with van der Waals surface area (Å²) in [6, 6.07) is 36.2. The van der Waals surface area contributed by atoms with Crippen LogP contribution in [0, 0.1) is 38.0 Å². The molecule has 0 spiro atoms. The van der Waals surface area contributed by atoms with Crippen LogP contribution in [0.4, 0.5) is 16.2 Å². The molecular formula is C59H58N4O13. The molecule has 1 aliphatic heterocycles. The molecule has 1 heterocycles. The summed E-state index contributed by atoms with van der Waals surface area (Å²) in [5.74, 6) is -1.67. The highest BCUT2D eigenvalue weighted by molar-refractivity contribution is 6.03. The van der Waals surface area contributed by atoms with Crippen molar-refractivity contribution in [2.24, 2.45) is 22.9 Å². The first-order chi connectivity index (χ1) is 37.0. The monoisotopic (exact) mass is 1030 g/mol. The summed E-state index contributed by atoms with van der Waals surface area (Å²) < 4.78 is 27.3. The van der Waals surface area contributed by atoms with Gasteiger partial charge in [-0.1, -0.05) is 84.7 Å². The molecule has 0 unspecified atom stereocenters. The van der Waals surface area contributed by atoms with Gasteiger partial charge in [0.2, 0.25) is 5.79 Å². The van der Waals surface area contributed by atoms with Crippen LogP contribution >= 0.6 is 0 Å². The number of aliphatic hydroxyl groups is 2. The Bertz CT molecular complexity index is 3140. The molecule has 2 aliphatic carbocycles. The molecule has 392 valence electrons. The number of carbonyl (C=O) groups is 2. The van der Waals surface area contributed by atoms with E-state index in [0.717, 1.165) is 33.8 Å². The summed E-state index contributed by atoms with van der Waals surface area (Å²) in [5, 5.41) is 50.1. The van der Waals surface area contributed by atoms with Crippen LogP contribution in [-0.4, -0.2) is 74.7 Å². The summed E-state index contributed by atoms with van der Waals surface area (Å²) in [4.78, 5) is 57.3. The Morgan fingerprint density at radius 2 is 1.50 bits per heavy atom. The maximum atomic E-state index is 15.5. The third-order valence-corrected chi connectivity index (χ3v) is 14.5. The summed E-state index contributed by atoms with van der Waals surface area (Å²) in [6.07, 6.45) is 7.61. The Morgan fingerprint density at radius 3 is 2.22 bits per heavy atom. The van der Waals surface area contributed by atoms with Crippen LogP contribution in [0.5, 0.6) is 23.0 Å². The van der Waals surface area contributed by atoms with Crippen molar-refractivity contribution in [3.8, 4) is 23.0 Å². The molecule has 6 aromatic carbocycles. The topological polar surface area (TPSA) is 223 Å². The quantitative estimate of drug-likeness (QED) is 0.0201. The van der Waals surface area contributed by atoms with Crippen LogP contribution in [0.3, 0.4) is 0 Å². The molecule has 1 fully saturated rings. The number of amides is 1. The number of carbonyl (C=O) groups excluding carboxylic acids is 2. The van der Waals surface area contributed by atoms with Crippen LogP contribution in [0.1, 0.15) is 77.9 Å². The lowest BCUT2D eigenvalue weighted by Gasteiger charge is -2.59. The minimum atomic E-state index is -1.71. The number of non-ortho nitro benzene ring substituents is 2. The number of nitro benzene ring substituents is 2. The molecule has 0 radical (unpaired) electrons. The summed E-state index contributed by atoms with van der Waals surface area (Å²) in [7, 11) is 0. The molecule has 3 aliphatic rings. The van der Waals surface area contributed by atoms with E-state index in [2.05, 4.69) is 12.7 Å². The second kappa shape index (κ2) is 24.0. The lowest BCUT2D eigenvalue weighted by Crippen LogP contribution is -2.70. The lowest BCUT2D eigenvalue weighted by molar-refractivity contribution is -0.385. The van der Waals surface area contributed by atoms with E-state index in [1.54, 1.807) is 53.4 Å². The van der Waals surface area contributed by atoms with E-state index >= 15 is 4.79 Å². The molecule has 6 atom stereocenters. The van der Waals surface area contributed by atoms with Gasteiger partial charge in [-0.3, -0.25) is 29.9 Å². The molecule has 1 saturated carbocycles. The minimum Gasteiger partial charge on any atom is -0.459 e. The van der Waals surface area contributed by atoms with E-state index in [9.17, 15) is 35.2 Å². The third kappa shape index (κ3) is 11.4. The zero-order chi connectivity index (χ0) is 53.2. The summed E-state index contributed by atoms with van der Waals surface area (Å²) in [5.41, 5.74) is 3.60. The van der Waals surface area contributed by atoms with E-state index < -0.39 is 39.6 Å². The molecule has 6 aromatic rings. The van der Waals surface area contributed by atoms with Crippen molar-refractivity contribution >= 4 is 40.2 Å². The second-order valence-corrected chi connectivity index (χ2v) is 19.1. The normalized spacial score (nSPS) is 20.8. The van der Waals surface area contributed by atoms with Gasteiger partial charge in [-0.25, -0.2) is 4.79 Å². The average Bonchev–Trinajstić information content (AvgIpc) is 3.53. The van der Waals surface area contributed by atoms with Gasteiger partial charge in [0.25, 0.3) is 11.4 Å². The number of aldehydes is 1. The maximum absolute atomic E-state index is 15.5. The number of nitro groups is 2. The van der Waals surface area contributed by atoms with Gasteiger partial charge < -0.3 is 34.0 Å². The van der Waals surface area contributed by atoms with Gasteiger partial charge >= 0.3 is 6.09 Å². The maximum Gasteiger partial charge on any atom is 0.416 e. The zero-order valence-electron chi connectivity index (χ0n) is 41.7. The molecule has 76 heavy (non-hydrogen) atoms. The largest absolute Gasteiger partial charge is 0.459 e. The number of unbranched alkanes of at least 4 members (excludes halogenated alkanes) is 2. The van der Waals surface area contributed by atoms with Crippen molar-refractivity contribution in [1.29, 1.82) is 0 Å². The minimum absolute atomic E-state index is 0.00523. The van der Waals surface area contributed by atoms with Gasteiger partial charge in [-0.05, 0) is 120 Å². The van der Waals surface area contributed by atoms with Crippen molar-refractivity contribution in [3.05, 3.63) is 200 Å². The van der Waals surface area contributed by atoms with Crippen LogP contribution in [0.25, 0.3) is 10.8 Å². The van der Waals surface area contributed by atoms with Gasteiger partial charge in [-0.2, -0.15) is 0 Å². The number of aliphatic hydroxyl groups excluding tert-OH is 2. The van der Waals surface area contributed by atoms with Gasteiger partial charge in [-0.15, -0.1) is 6.58 Å². The summed E-state index contributed by atoms with van der Waals surface area (Å²) >= 11 is 0. The summed E-state index contributed by atoms with van der Waals surface area (Å²) in [6.45, 7) is 3.95. The predicted octanol–water partition coefficient (Wildman–Crippen LogP) is 11.8. The number of allylic oxidation sites excluding steroid dienone is 1. The highest BCUT2D eigenvalue weighted by Crippen LogP contribution is 2.62. The zero-order valence-corrected chi connectivity index (χ0v) is 41.7. The number of rotatable bonds is 23. The lowest BCUT2D eigenvalue weighted by atomic mass is 9.55. The van der Waals surface area contributed by atoms with Gasteiger partial charge in [0, 0.05) is 60.9 Å². The van der Waals surface area contributed by atoms with Crippen LogP contribution < -0.4 is 14.2 Å². The first-order valence-electron chi connectivity index (χ1n) is 25.4. The van der Waals surface area contributed by atoms with Gasteiger partial charge in [0.1, 0.15) is 41.9 Å². The fourth-order valence-electron chi connectivity index (χ4n) is 11.1. The van der Waals surface area contributed by atoms with Crippen molar-refractivity contribution in [1.82, 2.24) is 4.90 Å². The van der Waals surface area contributed by atoms with Crippen molar-refractivity contribution in [3.63, 3.8) is 0 Å². The number of fused-ring (bicyclic) bond motifs is 3. The number of nitrogens with zero attached hydrogens (tertiary/aromatic N) is 4. The van der Waals surface area contributed by atoms with Crippen LogP contribution in [0.15, 0.2) is 163 Å². The van der Waals surface area contributed by atoms with Crippen molar-refractivity contribution in [2.75, 3.05) is 19.8 Å². The van der Waals surface area contributed by atoms with Crippen LogP contribution in [0.2, 0.25) is 0 Å². The Morgan fingerprint density at radius 1 is 0.816 bits per heavy atom. The Labute approximate surface area is 438 Å². The number of ether oxygens (including phenoxy) is 4. The van der Waals surface area contributed by atoms with Gasteiger partial charge in [0.15, 0.2) is 0 Å². The smallest absolute Gasteiger partial charge is 0.416 e. The first-order valence-corrected chi connectivity index (χ1v) is 25.4. The molecule has 17 heteroatoms. The number of hydrogen-bond donors (Lipinski definition) is 2. The molecular weight excluding hydrogens is 973 g/mol. The molecule has 0 aromatic heterocycles. The van der Waals surface area contributed by atoms with E-state index in [4.69, 9.17) is 28.9 Å². The molecule has 17 nitrogen and oxygen atoms in total. The van der Waals surface area contributed by atoms with Crippen LogP contribution in [-0.2, 0) is 22.7 Å². The first kappa shape index (κ1) is 52.6. The molecule has 0 bridgehead atoms. The number of oxime groups is 1. The Hall–Kier alpha value is -8.25. The standard InChI is InChI=1S/C59H58N4O13/c1-2-31-72-59-55(61(36-43-15-10-14-41-12-3-4-17-49(41)43)58(67)75-46-25-23-45(24-26-46)63(70)71)35-53(60-73-38-39-19-21-44(22-20-39)62(68)69)51-33-42(13-5-7-29-64)50(18-6-8-30-65)56(57(51)59)52-34-48(27-28-54(52)76-59)74-47-16-9-11-40(32-47)37-66/h2-4,9-12,14-17,19-28,32-34,37,42,50,55-57,64-65H,1,5-8,13,18,29-31,35-36,38H2/t42-,50+,55-,56+,57+,59+/m0/s1. The van der Waals surface area contributed by atoms with E-state index in [1.165, 1.54) is 36.4 Å². The molecule has 9 rings (SSSR count). The second-order valence-electron chi connectivity index (χ2n) is 19.1. The van der Waals surface area contributed by atoms with Crippen molar-refractivity contribution < 1.29 is 53.4 Å². The fourth-order valence-corrected chi connectivity index (χ4v) is 11.1. The van der Waals surface area contributed by atoms with E-state index in [1.807, 2.05) is 54.6 Å². The fraction of sp³-hybridized carbons (Fsp3) is 0.305. The highest BCUT2D eigenvalue weighted by Gasteiger charge is 2.66. The number of benzene rings is 6. The third-order valence-electron chi connectivity index (χ3n) is 14.5. The molecule has 0 saturated heterocycles. The molecule has 2 N–H and O–H groups in total. The van der Waals surface area contributed by atoms with Crippen molar-refractivity contribution in [2.45, 2.75) is 75.8 Å². The van der Waals surface area contributed by atoms with E-state index in [-0.39, 0.29) is 68.4 Å². The Kier molecular flexibility index (Phi) is 16.6. The van der Waals surface area contributed by atoms with E-state index in [0.29, 0.717) is 72.6 Å². The highest BCUT2D eigenvalue weighted by atomic mass is 16.7. The molecule has 1 amide bonds. The average molecular weight is 1030 g/mol. The predicted molar refractivity (Wildman–Crippen MR) is 283 cm³/mol. The SMILES string of the molecule is C=CCO[C@@]12Oc3ccc(Oc4cccc(C=O)c4)cc3[C@H]3[C@H](CCCCO)[C@@H](CCCCO)C=C(C(=NOCc4ccc([N+](=O)[O-])cc4)C[C@@H]1N(Cc1cccc4ccccc14)C(=O)Oc1ccc([N+](=O)[O-])cc1)[C@H]32. The van der Waals surface area contributed by atoms with Gasteiger partial charge in [0.05, 0.1) is 34.6 Å². The Balaban J connectivity index is 1.26. The number of hydrogen-bond acceptors (Lipinski definition) is 14.